The quantitative estimate of drug-likeness (QED) is 0.798. The van der Waals surface area contributed by atoms with Gasteiger partial charge in [-0.1, -0.05) is 23.7 Å². The first-order valence-corrected chi connectivity index (χ1v) is 5.84. The van der Waals surface area contributed by atoms with Gasteiger partial charge in [0.15, 0.2) is 5.76 Å². The molecule has 0 spiro atoms. The van der Waals surface area contributed by atoms with Crippen molar-refractivity contribution in [1.29, 1.82) is 0 Å². The molecule has 2 nitrogen and oxygen atoms in total. The minimum Gasteiger partial charge on any atom is -0.460 e. The van der Waals surface area contributed by atoms with Gasteiger partial charge in [-0.05, 0) is 39.7 Å². The third-order valence-electron chi connectivity index (χ3n) is 2.15. The number of halogens is 2. The molecule has 0 bridgehead atoms. The number of benzene rings is 1. The zero-order valence-electron chi connectivity index (χ0n) is 8.24. The third-order valence-corrected chi connectivity index (χ3v) is 3.02. The fourth-order valence-electron chi connectivity index (χ4n) is 1.36. The summed E-state index contributed by atoms with van der Waals surface area (Å²) in [4.78, 5) is 11.8. The van der Waals surface area contributed by atoms with Crippen molar-refractivity contribution in [3.8, 4) is 0 Å². The van der Waals surface area contributed by atoms with Gasteiger partial charge in [-0.25, -0.2) is 0 Å². The van der Waals surface area contributed by atoms with Gasteiger partial charge in [0, 0.05) is 11.4 Å². The largest absolute Gasteiger partial charge is 0.460 e. The maximum Gasteiger partial charge on any atom is 0.203 e. The summed E-state index contributed by atoms with van der Waals surface area (Å²) < 4.78 is 5.79. The summed E-state index contributed by atoms with van der Waals surface area (Å²) in [7, 11) is 0. The first kappa shape index (κ1) is 11.4. The van der Waals surface area contributed by atoms with Gasteiger partial charge in [-0.15, -0.1) is 0 Å². The molecule has 82 valence electrons. The van der Waals surface area contributed by atoms with Gasteiger partial charge in [0.1, 0.15) is 0 Å². The van der Waals surface area contributed by atoms with E-state index >= 15 is 0 Å². The second kappa shape index (κ2) is 4.85. The number of Topliss-reactive ketones (excluding diaryl/α,β-unsaturated/α-hetero) is 1. The molecule has 0 aliphatic heterocycles. The molecule has 1 aromatic carbocycles. The molecule has 2 aromatic rings. The Morgan fingerprint density at radius 3 is 2.50 bits per heavy atom. The number of hydrogen-bond acceptors (Lipinski definition) is 2. The Morgan fingerprint density at radius 2 is 1.94 bits per heavy atom. The highest BCUT2D eigenvalue weighted by Crippen LogP contribution is 2.20. The number of furan rings is 1. The maximum atomic E-state index is 11.8. The molecule has 0 N–H and O–H groups in total. The van der Waals surface area contributed by atoms with Crippen LogP contribution in [0.5, 0.6) is 0 Å². The molecule has 0 amide bonds. The molecule has 0 saturated carbocycles. The van der Waals surface area contributed by atoms with Crippen molar-refractivity contribution in [1.82, 2.24) is 0 Å². The first-order chi connectivity index (χ1) is 7.66. The van der Waals surface area contributed by atoms with E-state index in [4.69, 9.17) is 16.0 Å². The second-order valence-electron chi connectivity index (χ2n) is 3.32. The lowest BCUT2D eigenvalue weighted by Gasteiger charge is -1.99. The van der Waals surface area contributed by atoms with Gasteiger partial charge in [-0.2, -0.15) is 0 Å². The molecule has 0 aliphatic carbocycles. The Morgan fingerprint density at radius 1 is 1.25 bits per heavy atom. The molecule has 0 radical (unpaired) electrons. The fourth-order valence-corrected chi connectivity index (χ4v) is 1.91. The minimum absolute atomic E-state index is 0.0563. The van der Waals surface area contributed by atoms with Gasteiger partial charge < -0.3 is 4.42 Å². The molecule has 1 heterocycles. The van der Waals surface area contributed by atoms with Gasteiger partial charge >= 0.3 is 0 Å². The van der Waals surface area contributed by atoms with E-state index in [9.17, 15) is 4.79 Å². The van der Waals surface area contributed by atoms with Crippen LogP contribution in [-0.2, 0) is 6.42 Å². The Labute approximate surface area is 106 Å². The van der Waals surface area contributed by atoms with Crippen LogP contribution in [0.2, 0.25) is 5.02 Å². The van der Waals surface area contributed by atoms with Crippen LogP contribution < -0.4 is 0 Å². The van der Waals surface area contributed by atoms with Crippen LogP contribution in [0.25, 0.3) is 0 Å². The number of carbonyl (C=O) groups is 1. The van der Waals surface area contributed by atoms with Crippen LogP contribution in [-0.4, -0.2) is 5.78 Å². The van der Waals surface area contributed by atoms with Crippen LogP contribution in [0.4, 0.5) is 0 Å². The molecule has 16 heavy (non-hydrogen) atoms. The number of carbonyl (C=O) groups excluding carboxylic acids is 1. The van der Waals surface area contributed by atoms with Crippen LogP contribution in [0.1, 0.15) is 16.1 Å². The zero-order valence-corrected chi connectivity index (χ0v) is 10.6. The van der Waals surface area contributed by atoms with Crippen molar-refractivity contribution in [2.24, 2.45) is 0 Å². The summed E-state index contributed by atoms with van der Waals surface area (Å²) in [5, 5.41) is 0.662. The van der Waals surface area contributed by atoms with Crippen molar-refractivity contribution in [2.45, 2.75) is 6.42 Å². The normalized spacial score (nSPS) is 10.4. The molecular weight excluding hydrogens is 291 g/mol. The number of rotatable bonds is 3. The smallest absolute Gasteiger partial charge is 0.203 e. The Hall–Kier alpha value is -1.06. The van der Waals surface area contributed by atoms with Crippen LogP contribution in [0.3, 0.4) is 0 Å². The Balaban J connectivity index is 2.14. The summed E-state index contributed by atoms with van der Waals surface area (Å²) in [6.07, 6.45) is 1.79. The van der Waals surface area contributed by atoms with Crippen molar-refractivity contribution in [2.75, 3.05) is 0 Å². The second-order valence-corrected chi connectivity index (χ2v) is 4.61. The van der Waals surface area contributed by atoms with E-state index in [1.165, 1.54) is 6.26 Å². The highest BCUT2D eigenvalue weighted by molar-refractivity contribution is 9.10. The standard InChI is InChI=1S/C12H8BrClO2/c13-10-5-6-16-12(10)11(15)7-8-1-3-9(14)4-2-8/h1-6H,7H2. The lowest BCUT2D eigenvalue weighted by atomic mass is 10.1. The third kappa shape index (κ3) is 2.54. The van der Waals surface area contributed by atoms with E-state index in [0.29, 0.717) is 21.7 Å². The summed E-state index contributed by atoms with van der Waals surface area (Å²) in [5.74, 6) is 0.300. The van der Waals surface area contributed by atoms with Crippen molar-refractivity contribution in [3.63, 3.8) is 0 Å². The molecule has 0 saturated heterocycles. The number of hydrogen-bond donors (Lipinski definition) is 0. The van der Waals surface area contributed by atoms with Crippen molar-refractivity contribution < 1.29 is 9.21 Å². The summed E-state index contributed by atoms with van der Waals surface area (Å²) >= 11 is 9.02. The Bertz CT molecular complexity index is 502. The Kier molecular flexibility index (Phi) is 3.46. The molecule has 0 aliphatic rings. The predicted molar refractivity (Wildman–Crippen MR) is 65.9 cm³/mol. The van der Waals surface area contributed by atoms with Gasteiger partial charge in [0.05, 0.1) is 10.7 Å². The lowest BCUT2D eigenvalue weighted by Crippen LogP contribution is -2.02. The highest BCUT2D eigenvalue weighted by Gasteiger charge is 2.13. The minimum atomic E-state index is -0.0563. The highest BCUT2D eigenvalue weighted by atomic mass is 79.9. The van der Waals surface area contributed by atoms with Crippen molar-refractivity contribution >= 4 is 33.3 Å². The van der Waals surface area contributed by atoms with Gasteiger partial charge in [0.2, 0.25) is 5.78 Å². The summed E-state index contributed by atoms with van der Waals surface area (Å²) in [6.45, 7) is 0. The average Bonchev–Trinajstić information content (AvgIpc) is 2.68. The lowest BCUT2D eigenvalue weighted by molar-refractivity contribution is 0.0965. The molecule has 4 heteroatoms. The summed E-state index contributed by atoms with van der Waals surface area (Å²) in [6, 6.07) is 8.89. The van der Waals surface area contributed by atoms with Crippen LogP contribution in [0.15, 0.2) is 45.5 Å². The van der Waals surface area contributed by atoms with E-state index in [2.05, 4.69) is 15.9 Å². The van der Waals surface area contributed by atoms with E-state index < -0.39 is 0 Å². The van der Waals surface area contributed by atoms with Crippen LogP contribution in [0, 0.1) is 0 Å². The molecule has 0 fully saturated rings. The van der Waals surface area contributed by atoms with E-state index in [1.807, 2.05) is 12.1 Å². The van der Waals surface area contributed by atoms with Crippen molar-refractivity contribution in [3.05, 3.63) is 57.4 Å². The molecule has 0 unspecified atom stereocenters. The fraction of sp³-hybridized carbons (Fsp3) is 0.0833. The zero-order chi connectivity index (χ0) is 11.5. The van der Waals surface area contributed by atoms with E-state index in [-0.39, 0.29) is 5.78 Å². The maximum absolute atomic E-state index is 11.8. The van der Waals surface area contributed by atoms with Crippen LogP contribution >= 0.6 is 27.5 Å². The molecule has 2 rings (SSSR count). The predicted octanol–water partition coefficient (Wildman–Crippen LogP) is 4.12. The van der Waals surface area contributed by atoms with E-state index in [0.717, 1.165) is 5.56 Å². The average molecular weight is 300 g/mol. The number of ketones is 1. The topological polar surface area (TPSA) is 30.2 Å². The van der Waals surface area contributed by atoms with Gasteiger partial charge in [0.25, 0.3) is 0 Å². The molecule has 0 atom stereocenters. The molecule has 1 aromatic heterocycles. The van der Waals surface area contributed by atoms with Gasteiger partial charge in [-0.3, -0.25) is 4.79 Å². The summed E-state index contributed by atoms with van der Waals surface area (Å²) in [5.41, 5.74) is 0.915. The van der Waals surface area contributed by atoms with E-state index in [1.54, 1.807) is 18.2 Å². The first-order valence-electron chi connectivity index (χ1n) is 4.67. The SMILES string of the molecule is O=C(Cc1ccc(Cl)cc1)c1occc1Br. The monoisotopic (exact) mass is 298 g/mol. The molecular formula is C12H8BrClO2.